The lowest BCUT2D eigenvalue weighted by Crippen LogP contribution is -2.31. The number of Topliss-reactive ketones (excluding diaryl/α,β-unsaturated/α-hetero) is 1. The van der Waals surface area contributed by atoms with Crippen molar-refractivity contribution in [2.24, 2.45) is 0 Å². The molecular weight excluding hydrogens is 376 g/mol. The Labute approximate surface area is 169 Å². The molecule has 1 fully saturated rings. The van der Waals surface area contributed by atoms with E-state index in [1.165, 1.54) is 5.56 Å². The summed E-state index contributed by atoms with van der Waals surface area (Å²) < 4.78 is 0. The maximum Gasteiger partial charge on any atom is 0.290 e. The summed E-state index contributed by atoms with van der Waals surface area (Å²) in [6.07, 6.45) is 6.48. The van der Waals surface area contributed by atoms with E-state index < -0.39 is 0 Å². The van der Waals surface area contributed by atoms with Gasteiger partial charge in [-0.25, -0.2) is 4.98 Å². The van der Waals surface area contributed by atoms with Crippen molar-refractivity contribution >= 4 is 24.5 Å². The van der Waals surface area contributed by atoms with Crippen LogP contribution in [-0.4, -0.2) is 70.0 Å². The van der Waals surface area contributed by atoms with E-state index in [1.54, 1.807) is 13.1 Å². The second-order valence-electron chi connectivity index (χ2n) is 6.14. The summed E-state index contributed by atoms with van der Waals surface area (Å²) in [6.45, 7) is 6.09. The van der Waals surface area contributed by atoms with Crippen LogP contribution in [0.4, 0.5) is 5.82 Å². The molecule has 2 aromatic rings. The van der Waals surface area contributed by atoms with Gasteiger partial charge in [0.05, 0.1) is 0 Å². The topological polar surface area (TPSA) is 124 Å². The monoisotopic (exact) mass is 402 g/mol. The molecule has 0 aromatic carbocycles. The lowest BCUT2D eigenvalue weighted by atomic mass is 10.2. The first kappa shape index (κ1) is 23.7. The minimum absolute atomic E-state index is 0.0587. The zero-order valence-corrected chi connectivity index (χ0v) is 16.3. The molecular formula is C20H26N4O5. The minimum atomic E-state index is -0.250. The maximum atomic E-state index is 11.3. The highest BCUT2D eigenvalue weighted by atomic mass is 16.3. The number of hydrogen-bond donors (Lipinski definition) is 2. The van der Waals surface area contributed by atoms with Crippen LogP contribution in [0.2, 0.25) is 0 Å². The number of carbonyl (C=O) groups is 3. The van der Waals surface area contributed by atoms with E-state index in [0.717, 1.165) is 45.0 Å². The Hall–Kier alpha value is -3.33. The van der Waals surface area contributed by atoms with Crippen LogP contribution < -0.4 is 4.90 Å². The Kier molecular flexibility index (Phi) is 11.3. The van der Waals surface area contributed by atoms with Crippen molar-refractivity contribution in [1.82, 2.24) is 14.9 Å². The number of carbonyl (C=O) groups excluding carboxylic acids is 1. The molecule has 2 N–H and O–H groups in total. The highest BCUT2D eigenvalue weighted by Gasteiger charge is 2.16. The van der Waals surface area contributed by atoms with Crippen LogP contribution in [0.25, 0.3) is 0 Å². The normalized spacial score (nSPS) is 13.6. The number of carboxylic acid groups (broad SMARTS) is 2. The van der Waals surface area contributed by atoms with Crippen LogP contribution in [-0.2, 0) is 16.1 Å². The van der Waals surface area contributed by atoms with Gasteiger partial charge in [0.2, 0.25) is 0 Å². The maximum absolute atomic E-state index is 11.3. The van der Waals surface area contributed by atoms with Crippen molar-refractivity contribution in [2.45, 2.75) is 19.9 Å². The summed E-state index contributed by atoms with van der Waals surface area (Å²) in [4.78, 5) is 41.4. The lowest BCUT2D eigenvalue weighted by molar-refractivity contribution is -0.123. The van der Waals surface area contributed by atoms with Gasteiger partial charge in [0.25, 0.3) is 12.9 Å². The van der Waals surface area contributed by atoms with E-state index in [0.29, 0.717) is 5.56 Å². The molecule has 3 rings (SSSR count). The predicted octanol–water partition coefficient (Wildman–Crippen LogP) is 1.79. The standard InChI is InChI=1S/C18H22N4O.2CH2O2/c1-15(23)17-3-4-18(20-13-17)22-10-2-9-21(11-12-22)14-16-5-7-19-8-6-16;2*2-1-3/h3-8,13H,2,9-12,14H2,1H3;2*1H,(H,2,3). The first-order valence-electron chi connectivity index (χ1n) is 9.04. The molecule has 0 bridgehead atoms. The first-order chi connectivity index (χ1) is 14.0. The quantitative estimate of drug-likeness (QED) is 0.582. The van der Waals surface area contributed by atoms with Gasteiger partial charge in [0.1, 0.15) is 5.82 Å². The molecule has 0 spiro atoms. The largest absolute Gasteiger partial charge is 0.483 e. The van der Waals surface area contributed by atoms with Gasteiger partial charge in [-0.1, -0.05) is 0 Å². The third-order valence-corrected chi connectivity index (χ3v) is 4.22. The van der Waals surface area contributed by atoms with E-state index in [9.17, 15) is 4.79 Å². The fourth-order valence-electron chi connectivity index (χ4n) is 2.89. The van der Waals surface area contributed by atoms with Crippen molar-refractivity contribution in [1.29, 1.82) is 0 Å². The van der Waals surface area contributed by atoms with Crippen LogP contribution in [0.3, 0.4) is 0 Å². The van der Waals surface area contributed by atoms with Gasteiger partial charge in [-0.15, -0.1) is 0 Å². The second-order valence-corrected chi connectivity index (χ2v) is 6.14. The summed E-state index contributed by atoms with van der Waals surface area (Å²) in [5.74, 6) is 1.02. The van der Waals surface area contributed by atoms with Crippen molar-refractivity contribution in [3.05, 3.63) is 54.0 Å². The SMILES string of the molecule is CC(=O)c1ccc(N2CCCN(Cc3ccncc3)CC2)nc1.O=CO.O=CO. The Bertz CT molecular complexity index is 734. The Morgan fingerprint density at radius 2 is 1.69 bits per heavy atom. The Morgan fingerprint density at radius 1 is 1.03 bits per heavy atom. The lowest BCUT2D eigenvalue weighted by Gasteiger charge is -2.22. The molecule has 3 heterocycles. The zero-order valence-electron chi connectivity index (χ0n) is 16.3. The summed E-state index contributed by atoms with van der Waals surface area (Å²) in [5, 5.41) is 13.8. The molecule has 0 radical (unpaired) electrons. The van der Waals surface area contributed by atoms with Gasteiger partial charge in [0.15, 0.2) is 5.78 Å². The molecule has 156 valence electrons. The molecule has 9 heteroatoms. The number of hydrogen-bond acceptors (Lipinski definition) is 7. The predicted molar refractivity (Wildman–Crippen MR) is 108 cm³/mol. The van der Waals surface area contributed by atoms with Gasteiger partial charge < -0.3 is 15.1 Å². The average Bonchev–Trinajstić information content (AvgIpc) is 2.96. The summed E-state index contributed by atoms with van der Waals surface area (Å²) >= 11 is 0. The number of anilines is 1. The third-order valence-electron chi connectivity index (χ3n) is 4.22. The van der Waals surface area contributed by atoms with E-state index in [-0.39, 0.29) is 18.7 Å². The number of rotatable bonds is 4. The van der Waals surface area contributed by atoms with Gasteiger partial charge in [0, 0.05) is 56.9 Å². The molecule has 1 saturated heterocycles. The molecule has 0 atom stereocenters. The molecule has 0 saturated carbocycles. The first-order valence-corrected chi connectivity index (χ1v) is 9.04. The van der Waals surface area contributed by atoms with E-state index >= 15 is 0 Å². The van der Waals surface area contributed by atoms with Crippen LogP contribution in [0, 0.1) is 0 Å². The summed E-state index contributed by atoms with van der Waals surface area (Å²) in [7, 11) is 0. The third kappa shape index (κ3) is 8.93. The molecule has 0 amide bonds. The van der Waals surface area contributed by atoms with Crippen LogP contribution in [0.15, 0.2) is 42.9 Å². The van der Waals surface area contributed by atoms with Crippen LogP contribution in [0.1, 0.15) is 29.3 Å². The smallest absolute Gasteiger partial charge is 0.290 e. The molecule has 9 nitrogen and oxygen atoms in total. The average molecular weight is 402 g/mol. The summed E-state index contributed by atoms with van der Waals surface area (Å²) in [5.41, 5.74) is 1.97. The van der Waals surface area contributed by atoms with Gasteiger partial charge in [-0.3, -0.25) is 24.3 Å². The number of ketones is 1. The molecule has 2 aromatic heterocycles. The van der Waals surface area contributed by atoms with Gasteiger partial charge >= 0.3 is 0 Å². The molecule has 29 heavy (non-hydrogen) atoms. The van der Waals surface area contributed by atoms with Crippen molar-refractivity contribution in [3.8, 4) is 0 Å². The zero-order chi connectivity index (χ0) is 21.5. The van der Waals surface area contributed by atoms with E-state index in [4.69, 9.17) is 19.8 Å². The van der Waals surface area contributed by atoms with Crippen molar-refractivity contribution in [2.75, 3.05) is 31.1 Å². The Morgan fingerprint density at radius 3 is 2.24 bits per heavy atom. The van der Waals surface area contributed by atoms with Crippen LogP contribution >= 0.6 is 0 Å². The summed E-state index contributed by atoms with van der Waals surface area (Å²) in [6, 6.07) is 7.97. The molecule has 0 unspecified atom stereocenters. The minimum Gasteiger partial charge on any atom is -0.483 e. The van der Waals surface area contributed by atoms with Gasteiger partial charge in [-0.2, -0.15) is 0 Å². The van der Waals surface area contributed by atoms with Crippen molar-refractivity contribution < 1.29 is 24.6 Å². The second kappa shape index (κ2) is 13.8. The van der Waals surface area contributed by atoms with Crippen molar-refractivity contribution in [3.63, 3.8) is 0 Å². The number of aromatic nitrogens is 2. The number of pyridine rings is 2. The van der Waals surface area contributed by atoms with Gasteiger partial charge in [-0.05, 0) is 43.2 Å². The highest BCUT2D eigenvalue weighted by Crippen LogP contribution is 2.15. The van der Waals surface area contributed by atoms with Crippen LogP contribution in [0.5, 0.6) is 0 Å². The molecule has 1 aliphatic heterocycles. The fraction of sp³-hybridized carbons (Fsp3) is 0.350. The fourth-order valence-corrected chi connectivity index (χ4v) is 2.89. The van der Waals surface area contributed by atoms with E-state index in [1.807, 2.05) is 24.5 Å². The highest BCUT2D eigenvalue weighted by molar-refractivity contribution is 5.93. The van der Waals surface area contributed by atoms with E-state index in [2.05, 4.69) is 31.9 Å². The molecule has 0 aliphatic carbocycles. The molecule has 1 aliphatic rings. The number of nitrogens with zero attached hydrogens (tertiary/aromatic N) is 4. The Balaban J connectivity index is 0.000000626.